The van der Waals surface area contributed by atoms with Crippen LogP contribution in [-0.2, 0) is 11.3 Å². The zero-order chi connectivity index (χ0) is 25.2. The highest BCUT2D eigenvalue weighted by Crippen LogP contribution is 2.56. The zero-order valence-corrected chi connectivity index (χ0v) is 19.9. The van der Waals surface area contributed by atoms with E-state index in [0.717, 1.165) is 5.56 Å². The fourth-order valence-electron chi connectivity index (χ4n) is 4.76. The monoisotopic (exact) mass is 503 g/mol. The average Bonchev–Trinajstić information content (AvgIpc) is 2.88. The molecule has 2 aromatic rings. The predicted octanol–water partition coefficient (Wildman–Crippen LogP) is 5.06. The van der Waals surface area contributed by atoms with Gasteiger partial charge in [-0.25, -0.2) is 4.79 Å². The molecule has 174 valence electrons. The van der Waals surface area contributed by atoms with Gasteiger partial charge in [-0.2, -0.15) is 15.8 Å². The summed E-state index contributed by atoms with van der Waals surface area (Å²) in [5, 5.41) is 30.8. The Morgan fingerprint density at radius 2 is 1.74 bits per heavy atom. The van der Waals surface area contributed by atoms with Gasteiger partial charge in [0.25, 0.3) is 0 Å². The van der Waals surface area contributed by atoms with Crippen LogP contribution >= 0.6 is 23.2 Å². The van der Waals surface area contributed by atoms with Crippen molar-refractivity contribution in [1.82, 2.24) is 4.90 Å². The van der Waals surface area contributed by atoms with Gasteiger partial charge < -0.3 is 15.4 Å². The third-order valence-electron chi connectivity index (χ3n) is 6.44. The van der Waals surface area contributed by atoms with E-state index in [1.165, 1.54) is 4.90 Å². The molecule has 9 heteroatoms. The molecule has 0 fully saturated rings. The number of ether oxygens (including phenoxy) is 1. The summed E-state index contributed by atoms with van der Waals surface area (Å²) in [4.78, 5) is 14.4. The van der Waals surface area contributed by atoms with Crippen LogP contribution in [0.25, 0.3) is 0 Å². The van der Waals surface area contributed by atoms with Crippen LogP contribution in [0.3, 0.4) is 0 Å². The van der Waals surface area contributed by atoms with E-state index >= 15 is 0 Å². The predicted molar refractivity (Wildman–Crippen MR) is 129 cm³/mol. The average molecular weight is 504 g/mol. The first kappa shape index (κ1) is 24.2. The van der Waals surface area contributed by atoms with Gasteiger partial charge in [0, 0.05) is 35.0 Å². The minimum atomic E-state index is -1.92. The summed E-state index contributed by atoms with van der Waals surface area (Å²) in [5.41, 5.74) is 6.07. The van der Waals surface area contributed by atoms with Gasteiger partial charge in [0.15, 0.2) is 5.41 Å². The number of nitriles is 3. The SMILES string of the molecule is N#CC1=C(N)C(C#N)(C#N)C(c2c(Cl)cccc2Cl)C2CN(C(=O)OCc3ccccc3)CC=C12. The van der Waals surface area contributed by atoms with Gasteiger partial charge in [-0.15, -0.1) is 0 Å². The van der Waals surface area contributed by atoms with Crippen LogP contribution in [0.2, 0.25) is 10.0 Å². The third kappa shape index (κ3) is 4.08. The van der Waals surface area contributed by atoms with Gasteiger partial charge in [-0.05, 0) is 28.8 Å². The minimum absolute atomic E-state index is 0.0647. The lowest BCUT2D eigenvalue weighted by atomic mass is 9.58. The van der Waals surface area contributed by atoms with Crippen molar-refractivity contribution in [3.63, 3.8) is 0 Å². The van der Waals surface area contributed by atoms with Crippen molar-refractivity contribution >= 4 is 29.3 Å². The number of rotatable bonds is 3. The third-order valence-corrected chi connectivity index (χ3v) is 7.10. The molecule has 7 nitrogen and oxygen atoms in total. The summed E-state index contributed by atoms with van der Waals surface area (Å²) in [6.07, 6.45) is 1.15. The van der Waals surface area contributed by atoms with Gasteiger partial charge in [0.2, 0.25) is 0 Å². The molecule has 2 aromatic carbocycles. The summed E-state index contributed by atoms with van der Waals surface area (Å²) in [6.45, 7) is 0.343. The van der Waals surface area contributed by atoms with Crippen molar-refractivity contribution in [1.29, 1.82) is 15.8 Å². The molecule has 1 amide bonds. The highest BCUT2D eigenvalue weighted by Gasteiger charge is 2.55. The molecular weight excluding hydrogens is 485 g/mol. The minimum Gasteiger partial charge on any atom is -0.445 e. The van der Waals surface area contributed by atoms with Crippen LogP contribution in [0.4, 0.5) is 4.79 Å². The van der Waals surface area contributed by atoms with E-state index in [-0.39, 0.29) is 41.0 Å². The van der Waals surface area contributed by atoms with E-state index < -0.39 is 23.3 Å². The van der Waals surface area contributed by atoms with Crippen LogP contribution in [0.5, 0.6) is 0 Å². The molecule has 1 aliphatic heterocycles. The number of benzene rings is 2. The van der Waals surface area contributed by atoms with Gasteiger partial charge in [-0.1, -0.05) is 65.7 Å². The quantitative estimate of drug-likeness (QED) is 0.623. The van der Waals surface area contributed by atoms with Crippen molar-refractivity contribution in [3.05, 3.63) is 92.6 Å². The number of hydrogen-bond acceptors (Lipinski definition) is 6. The summed E-state index contributed by atoms with van der Waals surface area (Å²) in [6, 6.07) is 20.3. The van der Waals surface area contributed by atoms with E-state index in [1.54, 1.807) is 24.3 Å². The molecule has 1 heterocycles. The van der Waals surface area contributed by atoms with Crippen LogP contribution in [0, 0.1) is 45.3 Å². The zero-order valence-electron chi connectivity index (χ0n) is 18.4. The fraction of sp³-hybridized carbons (Fsp3) is 0.231. The standard InChI is InChI=1S/C26H19Cl2N5O2/c27-20-7-4-8-21(28)22(20)23-19-12-33(25(34)35-13-16-5-2-1-3-6-16)10-9-17(19)18(11-29)24(32)26(23,14-30)15-31/h1-9,19,23H,10,12-13,32H2. The number of nitrogens with zero attached hydrogens (tertiary/aromatic N) is 4. The van der Waals surface area contributed by atoms with Crippen molar-refractivity contribution in [2.24, 2.45) is 17.1 Å². The number of carbonyl (C=O) groups excluding carboxylic acids is 1. The van der Waals surface area contributed by atoms with Gasteiger partial charge in [0.05, 0.1) is 23.4 Å². The van der Waals surface area contributed by atoms with Crippen molar-refractivity contribution in [2.75, 3.05) is 13.1 Å². The summed E-state index contributed by atoms with van der Waals surface area (Å²) < 4.78 is 5.49. The molecule has 0 radical (unpaired) electrons. The maximum absolute atomic E-state index is 12.9. The molecule has 2 N–H and O–H groups in total. The normalized spacial score (nSPS) is 20.5. The molecule has 0 aromatic heterocycles. The van der Waals surface area contributed by atoms with E-state index in [0.29, 0.717) is 11.1 Å². The van der Waals surface area contributed by atoms with Crippen molar-refractivity contribution in [3.8, 4) is 18.2 Å². The Hall–Kier alpha value is -3.96. The Bertz CT molecular complexity index is 1330. The molecule has 0 bridgehead atoms. The number of carbonyl (C=O) groups is 1. The number of fused-ring (bicyclic) bond motifs is 1. The van der Waals surface area contributed by atoms with E-state index in [4.69, 9.17) is 33.7 Å². The second-order valence-electron chi connectivity index (χ2n) is 8.26. The molecule has 35 heavy (non-hydrogen) atoms. The Labute approximate surface area is 212 Å². The van der Waals surface area contributed by atoms with Crippen LogP contribution in [-0.4, -0.2) is 24.1 Å². The van der Waals surface area contributed by atoms with Gasteiger partial charge in [-0.3, -0.25) is 0 Å². The Kier molecular flexibility index (Phi) is 6.72. The molecule has 2 atom stereocenters. The maximum atomic E-state index is 12.9. The maximum Gasteiger partial charge on any atom is 0.410 e. The number of nitrogens with two attached hydrogens (primary N) is 1. The molecule has 2 unspecified atom stereocenters. The second kappa shape index (κ2) is 9.72. The first-order chi connectivity index (χ1) is 16.9. The van der Waals surface area contributed by atoms with E-state index in [2.05, 4.69) is 6.07 Å². The molecule has 2 aliphatic rings. The molecule has 0 saturated carbocycles. The van der Waals surface area contributed by atoms with Crippen molar-refractivity contribution in [2.45, 2.75) is 12.5 Å². The number of hydrogen-bond donors (Lipinski definition) is 1. The lowest BCUT2D eigenvalue weighted by molar-refractivity contribution is 0.0899. The Morgan fingerprint density at radius 3 is 2.34 bits per heavy atom. The highest BCUT2D eigenvalue weighted by atomic mass is 35.5. The van der Waals surface area contributed by atoms with Gasteiger partial charge in [0.1, 0.15) is 12.7 Å². The van der Waals surface area contributed by atoms with E-state index in [1.807, 2.05) is 42.5 Å². The molecular formula is C26H19Cl2N5O2. The molecule has 0 spiro atoms. The summed E-state index contributed by atoms with van der Waals surface area (Å²) >= 11 is 13.0. The fourth-order valence-corrected chi connectivity index (χ4v) is 5.39. The lowest BCUT2D eigenvalue weighted by Crippen LogP contribution is -2.49. The van der Waals surface area contributed by atoms with Crippen LogP contribution in [0.1, 0.15) is 17.0 Å². The number of halogens is 2. The number of amides is 1. The lowest BCUT2D eigenvalue weighted by Gasteiger charge is -2.45. The molecule has 0 saturated heterocycles. The number of allylic oxidation sites excluding steroid dienone is 2. The first-order valence-electron chi connectivity index (χ1n) is 10.7. The second-order valence-corrected chi connectivity index (χ2v) is 9.07. The highest BCUT2D eigenvalue weighted by molar-refractivity contribution is 6.36. The topological polar surface area (TPSA) is 127 Å². The van der Waals surface area contributed by atoms with Gasteiger partial charge >= 0.3 is 6.09 Å². The Balaban J connectivity index is 1.78. The van der Waals surface area contributed by atoms with Crippen LogP contribution in [0.15, 0.2) is 71.5 Å². The molecule has 4 rings (SSSR count). The summed E-state index contributed by atoms with van der Waals surface area (Å²) in [5.74, 6) is -1.57. The smallest absolute Gasteiger partial charge is 0.410 e. The summed E-state index contributed by atoms with van der Waals surface area (Å²) in [7, 11) is 0. The van der Waals surface area contributed by atoms with Crippen LogP contribution < -0.4 is 5.73 Å². The largest absolute Gasteiger partial charge is 0.445 e. The van der Waals surface area contributed by atoms with Crippen molar-refractivity contribution < 1.29 is 9.53 Å². The van der Waals surface area contributed by atoms with E-state index in [9.17, 15) is 20.6 Å². The Morgan fingerprint density at radius 1 is 1.09 bits per heavy atom. The molecule has 1 aliphatic carbocycles. The first-order valence-corrected chi connectivity index (χ1v) is 11.5.